The number of aromatic hydroxyl groups is 1. The van der Waals surface area contributed by atoms with Gasteiger partial charge in [-0.25, -0.2) is 4.79 Å². The van der Waals surface area contributed by atoms with E-state index in [1.165, 1.54) is 31.2 Å². The van der Waals surface area contributed by atoms with Crippen LogP contribution >= 0.6 is 0 Å². The van der Waals surface area contributed by atoms with E-state index in [-0.39, 0.29) is 18.6 Å². The fourth-order valence-corrected chi connectivity index (χ4v) is 3.42. The van der Waals surface area contributed by atoms with E-state index in [1.807, 2.05) is 6.07 Å². The number of carbonyl (C=O) groups excluding carboxylic acids is 3. The molecular weight excluding hydrogens is 484 g/mol. The van der Waals surface area contributed by atoms with Crippen molar-refractivity contribution in [2.45, 2.75) is 50.0 Å². The number of aliphatic hydroxyl groups excluding tert-OH is 2. The van der Waals surface area contributed by atoms with Crippen LogP contribution < -0.4 is 21.7 Å². The Morgan fingerprint density at radius 3 is 1.92 bits per heavy atom. The highest BCUT2D eigenvalue weighted by Crippen LogP contribution is 2.12. The molecule has 12 heteroatoms. The van der Waals surface area contributed by atoms with E-state index in [4.69, 9.17) is 10.8 Å². The van der Waals surface area contributed by atoms with E-state index >= 15 is 0 Å². The number of phenols is 1. The predicted octanol–water partition coefficient (Wildman–Crippen LogP) is -1.58. The molecule has 0 aliphatic rings. The maximum absolute atomic E-state index is 13.0. The smallest absolute Gasteiger partial charge is 0.328 e. The van der Waals surface area contributed by atoms with Crippen molar-refractivity contribution in [1.29, 1.82) is 0 Å². The molecule has 3 amide bonds. The summed E-state index contributed by atoms with van der Waals surface area (Å²) in [6.45, 7) is 0.390. The van der Waals surface area contributed by atoms with Gasteiger partial charge in [-0.2, -0.15) is 0 Å². The Hall–Kier alpha value is -4.00. The van der Waals surface area contributed by atoms with Crippen LogP contribution in [0.3, 0.4) is 0 Å². The molecule has 5 unspecified atom stereocenters. The van der Waals surface area contributed by atoms with Gasteiger partial charge in [0.1, 0.15) is 23.9 Å². The third kappa shape index (κ3) is 9.18. The Bertz CT molecular complexity index is 1060. The molecular formula is C25H32N4O8. The minimum absolute atomic E-state index is 0.0243. The van der Waals surface area contributed by atoms with Crippen molar-refractivity contribution in [3.63, 3.8) is 0 Å². The van der Waals surface area contributed by atoms with Crippen molar-refractivity contribution < 1.29 is 39.6 Å². The van der Waals surface area contributed by atoms with Crippen molar-refractivity contribution in [3.05, 3.63) is 65.7 Å². The lowest BCUT2D eigenvalue weighted by molar-refractivity contribution is -0.143. The van der Waals surface area contributed by atoms with Crippen LogP contribution in [-0.4, -0.2) is 81.0 Å². The second-order valence-electron chi connectivity index (χ2n) is 8.54. The van der Waals surface area contributed by atoms with Gasteiger partial charge in [0.25, 0.3) is 0 Å². The van der Waals surface area contributed by atoms with Gasteiger partial charge in [-0.15, -0.1) is 0 Å². The summed E-state index contributed by atoms with van der Waals surface area (Å²) in [5, 5.41) is 45.0. The number of benzene rings is 2. The third-order valence-electron chi connectivity index (χ3n) is 5.50. The first-order chi connectivity index (χ1) is 17.5. The molecule has 2 aromatic carbocycles. The molecule has 0 bridgehead atoms. The number of carboxylic acid groups (broad SMARTS) is 1. The summed E-state index contributed by atoms with van der Waals surface area (Å²) in [6, 6.07) is 9.24. The van der Waals surface area contributed by atoms with E-state index < -0.39 is 60.6 Å². The monoisotopic (exact) mass is 516 g/mol. The SMILES string of the molecule is CC(O)C(NC(=O)C(N)Cc1ccccc1)C(=O)NC(Cc1ccc(O)cc1)C(=O)NC(CO)C(=O)O. The molecule has 2 rings (SSSR count). The Morgan fingerprint density at radius 1 is 0.811 bits per heavy atom. The summed E-state index contributed by atoms with van der Waals surface area (Å²) in [4.78, 5) is 49.8. The Balaban J connectivity index is 2.17. The summed E-state index contributed by atoms with van der Waals surface area (Å²) < 4.78 is 0. The third-order valence-corrected chi connectivity index (χ3v) is 5.50. The van der Waals surface area contributed by atoms with Crippen LogP contribution in [0.5, 0.6) is 5.75 Å². The first kappa shape index (κ1) is 29.2. The molecule has 2 aromatic rings. The molecule has 0 radical (unpaired) electrons. The Morgan fingerprint density at radius 2 is 1.38 bits per heavy atom. The summed E-state index contributed by atoms with van der Waals surface area (Å²) in [5.74, 6) is -4.03. The molecule has 0 heterocycles. The van der Waals surface area contributed by atoms with Gasteiger partial charge in [0, 0.05) is 6.42 Å². The summed E-state index contributed by atoms with van der Waals surface area (Å²) in [5.41, 5.74) is 7.28. The van der Waals surface area contributed by atoms with Gasteiger partial charge in [0.05, 0.1) is 18.8 Å². The van der Waals surface area contributed by atoms with Gasteiger partial charge in [-0.3, -0.25) is 14.4 Å². The van der Waals surface area contributed by atoms with Gasteiger partial charge >= 0.3 is 5.97 Å². The number of carboxylic acids is 1. The molecule has 0 aliphatic carbocycles. The Kier molecular flexibility index (Phi) is 11.0. The van der Waals surface area contributed by atoms with Crippen LogP contribution in [0, 0.1) is 0 Å². The first-order valence-corrected chi connectivity index (χ1v) is 11.5. The minimum Gasteiger partial charge on any atom is -0.508 e. The van der Waals surface area contributed by atoms with Gasteiger partial charge in [0.15, 0.2) is 0 Å². The molecule has 0 spiro atoms. The highest BCUT2D eigenvalue weighted by atomic mass is 16.4. The average Bonchev–Trinajstić information content (AvgIpc) is 2.86. The lowest BCUT2D eigenvalue weighted by Gasteiger charge is -2.26. The lowest BCUT2D eigenvalue weighted by atomic mass is 10.0. The van der Waals surface area contributed by atoms with Crippen molar-refractivity contribution in [2.24, 2.45) is 5.73 Å². The second-order valence-corrected chi connectivity index (χ2v) is 8.54. The maximum atomic E-state index is 13.0. The predicted molar refractivity (Wildman–Crippen MR) is 132 cm³/mol. The maximum Gasteiger partial charge on any atom is 0.328 e. The molecule has 0 fully saturated rings. The van der Waals surface area contributed by atoms with Crippen LogP contribution in [0.4, 0.5) is 0 Å². The van der Waals surface area contributed by atoms with Gasteiger partial charge < -0.3 is 42.1 Å². The van der Waals surface area contributed by atoms with E-state index in [0.29, 0.717) is 5.56 Å². The van der Waals surface area contributed by atoms with Gasteiger partial charge in [-0.05, 0) is 36.6 Å². The number of nitrogens with two attached hydrogens (primary N) is 1. The van der Waals surface area contributed by atoms with Crippen LogP contribution in [0.1, 0.15) is 18.1 Å². The van der Waals surface area contributed by atoms with Crippen molar-refractivity contribution in [2.75, 3.05) is 6.61 Å². The Labute approximate surface area is 213 Å². The van der Waals surface area contributed by atoms with Crippen LogP contribution in [0.2, 0.25) is 0 Å². The molecule has 12 nitrogen and oxygen atoms in total. The molecule has 0 aliphatic heterocycles. The van der Waals surface area contributed by atoms with Gasteiger partial charge in [-0.1, -0.05) is 42.5 Å². The van der Waals surface area contributed by atoms with Crippen LogP contribution in [0.15, 0.2) is 54.6 Å². The number of amides is 3. The zero-order chi connectivity index (χ0) is 27.5. The van der Waals surface area contributed by atoms with Crippen molar-refractivity contribution in [3.8, 4) is 5.75 Å². The van der Waals surface area contributed by atoms with E-state index in [1.54, 1.807) is 24.3 Å². The number of carbonyl (C=O) groups is 4. The summed E-state index contributed by atoms with van der Waals surface area (Å²) in [6.07, 6.45) is -1.30. The van der Waals surface area contributed by atoms with Crippen LogP contribution in [0.25, 0.3) is 0 Å². The molecule has 0 aromatic heterocycles. The molecule has 37 heavy (non-hydrogen) atoms. The molecule has 0 saturated heterocycles. The molecule has 9 N–H and O–H groups in total. The largest absolute Gasteiger partial charge is 0.508 e. The topological polar surface area (TPSA) is 211 Å². The molecule has 200 valence electrons. The number of aliphatic hydroxyl groups is 2. The highest BCUT2D eigenvalue weighted by molar-refractivity contribution is 5.94. The highest BCUT2D eigenvalue weighted by Gasteiger charge is 2.32. The summed E-state index contributed by atoms with van der Waals surface area (Å²) in [7, 11) is 0. The number of aliphatic carboxylic acids is 1. The second kappa shape index (κ2) is 13.9. The lowest BCUT2D eigenvalue weighted by Crippen LogP contribution is -2.60. The average molecular weight is 517 g/mol. The fraction of sp³-hybridized carbons (Fsp3) is 0.360. The first-order valence-electron chi connectivity index (χ1n) is 11.5. The van der Waals surface area contributed by atoms with E-state index in [9.17, 15) is 34.5 Å². The zero-order valence-corrected chi connectivity index (χ0v) is 20.2. The number of hydrogen-bond acceptors (Lipinski definition) is 8. The number of hydrogen-bond donors (Lipinski definition) is 8. The molecule has 0 saturated carbocycles. The number of rotatable bonds is 13. The van der Waals surface area contributed by atoms with Gasteiger partial charge in [0.2, 0.25) is 17.7 Å². The number of phenolic OH excluding ortho intramolecular Hbond substituents is 1. The van der Waals surface area contributed by atoms with E-state index in [2.05, 4.69) is 16.0 Å². The zero-order valence-electron chi connectivity index (χ0n) is 20.2. The van der Waals surface area contributed by atoms with E-state index in [0.717, 1.165) is 5.56 Å². The van der Waals surface area contributed by atoms with Crippen molar-refractivity contribution >= 4 is 23.7 Å². The fourth-order valence-electron chi connectivity index (χ4n) is 3.42. The standard InChI is InChI=1S/C25H32N4O8/c1-14(31)21(29-22(33)18(26)11-15-5-3-2-4-6-15)24(35)27-19(12-16-7-9-17(32)10-8-16)23(34)28-20(13-30)25(36)37/h2-10,14,18-21,30-32H,11-13,26H2,1H3,(H,27,35)(H,28,34)(H,29,33)(H,36,37). The van der Waals surface area contributed by atoms with Crippen LogP contribution in [-0.2, 0) is 32.0 Å². The normalized spacial score (nSPS) is 14.9. The minimum atomic E-state index is -1.62. The number of nitrogens with one attached hydrogen (secondary N) is 3. The quantitative estimate of drug-likeness (QED) is 0.154. The summed E-state index contributed by atoms with van der Waals surface area (Å²) >= 11 is 0. The van der Waals surface area contributed by atoms with Crippen molar-refractivity contribution in [1.82, 2.24) is 16.0 Å². The molecule has 5 atom stereocenters.